The second kappa shape index (κ2) is 5.40. The zero-order valence-corrected chi connectivity index (χ0v) is 7.95. The van der Waals surface area contributed by atoms with Crippen LogP contribution in [-0.4, -0.2) is 38.9 Å². The SMILES string of the molecule is CC[N+](C)(C)CC.F[B-](F)(F)F. The lowest BCUT2D eigenvalue weighted by molar-refractivity contribution is -0.886. The van der Waals surface area contributed by atoms with E-state index in [9.17, 15) is 17.3 Å². The molecule has 0 aliphatic carbocycles. The lowest BCUT2D eigenvalue weighted by Gasteiger charge is -2.25. The molecule has 0 aromatic carbocycles. The van der Waals surface area contributed by atoms with E-state index in [1.807, 2.05) is 0 Å². The molecule has 6 heteroatoms. The number of rotatable bonds is 2. The minimum absolute atomic E-state index is 1.14. The summed E-state index contributed by atoms with van der Waals surface area (Å²) in [6.07, 6.45) is 0. The third kappa shape index (κ3) is 22.6. The fourth-order valence-corrected chi connectivity index (χ4v) is 0.224. The van der Waals surface area contributed by atoms with Gasteiger partial charge in [0.2, 0.25) is 0 Å². The van der Waals surface area contributed by atoms with E-state index in [1.54, 1.807) is 0 Å². The first-order valence-electron chi connectivity index (χ1n) is 3.81. The lowest BCUT2D eigenvalue weighted by Crippen LogP contribution is -2.38. The molecule has 0 radical (unpaired) electrons. The predicted octanol–water partition coefficient (Wildman–Crippen LogP) is 2.40. The van der Waals surface area contributed by atoms with Crippen LogP contribution in [0.25, 0.3) is 0 Å². The van der Waals surface area contributed by atoms with Crippen molar-refractivity contribution in [2.24, 2.45) is 0 Å². The summed E-state index contributed by atoms with van der Waals surface area (Å²) in [6.45, 7) is 6.89. The van der Waals surface area contributed by atoms with Crippen molar-refractivity contribution in [3.05, 3.63) is 0 Å². The van der Waals surface area contributed by atoms with E-state index in [4.69, 9.17) is 0 Å². The van der Waals surface area contributed by atoms with Crippen LogP contribution in [0.4, 0.5) is 17.3 Å². The maximum absolute atomic E-state index is 9.75. The maximum atomic E-state index is 9.75. The van der Waals surface area contributed by atoms with E-state index in [-0.39, 0.29) is 0 Å². The molecule has 12 heavy (non-hydrogen) atoms. The van der Waals surface area contributed by atoms with E-state index in [2.05, 4.69) is 27.9 Å². The van der Waals surface area contributed by atoms with Gasteiger partial charge in [-0.1, -0.05) is 0 Å². The third-order valence-corrected chi connectivity index (χ3v) is 1.71. The van der Waals surface area contributed by atoms with Crippen LogP contribution in [0, 0.1) is 0 Å². The smallest absolute Gasteiger partial charge is 0.418 e. The van der Waals surface area contributed by atoms with Gasteiger partial charge in [0.05, 0.1) is 27.2 Å². The first-order valence-corrected chi connectivity index (χ1v) is 3.81. The molecule has 0 bridgehead atoms. The Kier molecular flexibility index (Phi) is 6.43. The average Bonchev–Trinajstić information content (AvgIpc) is 1.85. The van der Waals surface area contributed by atoms with E-state index < -0.39 is 7.25 Å². The monoisotopic (exact) mass is 189 g/mol. The van der Waals surface area contributed by atoms with Gasteiger partial charge < -0.3 is 21.7 Å². The summed E-state index contributed by atoms with van der Waals surface area (Å²) >= 11 is 0. The molecule has 0 unspecified atom stereocenters. The molecule has 0 aliphatic heterocycles. The molecule has 0 saturated carbocycles. The Balaban J connectivity index is 0. The molecule has 0 saturated heterocycles. The molecule has 0 N–H and O–H groups in total. The summed E-state index contributed by atoms with van der Waals surface area (Å²) in [5, 5.41) is 0. The van der Waals surface area contributed by atoms with Gasteiger partial charge >= 0.3 is 7.25 Å². The van der Waals surface area contributed by atoms with Gasteiger partial charge in [-0.15, -0.1) is 0 Å². The van der Waals surface area contributed by atoms with Crippen molar-refractivity contribution in [2.75, 3.05) is 27.2 Å². The summed E-state index contributed by atoms with van der Waals surface area (Å²) in [5.74, 6) is 0. The van der Waals surface area contributed by atoms with Gasteiger partial charge in [0.15, 0.2) is 0 Å². The first kappa shape index (κ1) is 14.3. The van der Waals surface area contributed by atoms with Gasteiger partial charge in [0.1, 0.15) is 0 Å². The molecule has 0 aromatic rings. The quantitative estimate of drug-likeness (QED) is 0.355. The molecule has 0 fully saturated rings. The second-order valence-electron chi connectivity index (χ2n) is 3.06. The fraction of sp³-hybridized carbons (Fsp3) is 1.00. The summed E-state index contributed by atoms with van der Waals surface area (Å²) in [7, 11) is -1.53. The highest BCUT2D eigenvalue weighted by molar-refractivity contribution is 6.50. The zero-order valence-electron chi connectivity index (χ0n) is 7.95. The Morgan fingerprint density at radius 2 is 1.08 bits per heavy atom. The largest absolute Gasteiger partial charge is 0.673 e. The minimum Gasteiger partial charge on any atom is -0.418 e. The molecule has 0 aliphatic rings. The standard InChI is InChI=1S/C6H16N.BF4/c1-5-7(3,4)6-2;2-1(3,4)5/h5-6H2,1-4H3;/q+1;-1. The van der Waals surface area contributed by atoms with E-state index in [1.165, 1.54) is 13.1 Å². The third-order valence-electron chi connectivity index (χ3n) is 1.71. The number of quaternary nitrogens is 1. The summed E-state index contributed by atoms with van der Waals surface area (Å²) in [4.78, 5) is 0. The Bertz CT molecular complexity index is 101. The van der Waals surface area contributed by atoms with Crippen LogP contribution in [0.1, 0.15) is 13.8 Å². The van der Waals surface area contributed by atoms with Gasteiger partial charge in [-0.2, -0.15) is 0 Å². The van der Waals surface area contributed by atoms with E-state index >= 15 is 0 Å². The highest BCUT2D eigenvalue weighted by Gasteiger charge is 2.20. The van der Waals surface area contributed by atoms with Crippen molar-refractivity contribution in [1.82, 2.24) is 0 Å². The molecule has 76 valence electrons. The van der Waals surface area contributed by atoms with Crippen molar-refractivity contribution in [3.8, 4) is 0 Å². The normalized spacial score (nSPS) is 12.0. The first-order chi connectivity index (χ1) is 5.12. The topological polar surface area (TPSA) is 0 Å². The van der Waals surface area contributed by atoms with Crippen LogP contribution >= 0.6 is 0 Å². The van der Waals surface area contributed by atoms with Crippen molar-refractivity contribution in [2.45, 2.75) is 13.8 Å². The van der Waals surface area contributed by atoms with Crippen molar-refractivity contribution < 1.29 is 21.7 Å². The number of hydrogen-bond acceptors (Lipinski definition) is 0. The van der Waals surface area contributed by atoms with Crippen LogP contribution in [0.3, 0.4) is 0 Å². The molecule has 1 nitrogen and oxygen atoms in total. The van der Waals surface area contributed by atoms with Crippen molar-refractivity contribution in [1.29, 1.82) is 0 Å². The number of nitrogens with zero attached hydrogens (tertiary/aromatic N) is 1. The van der Waals surface area contributed by atoms with Gasteiger partial charge in [-0.05, 0) is 13.8 Å². The summed E-state index contributed by atoms with van der Waals surface area (Å²) in [6, 6.07) is 0. The van der Waals surface area contributed by atoms with Crippen LogP contribution in [0.2, 0.25) is 0 Å². The molecule has 0 atom stereocenters. The fourth-order valence-electron chi connectivity index (χ4n) is 0.224. The molecule has 0 aromatic heterocycles. The van der Waals surface area contributed by atoms with Crippen LogP contribution in [-0.2, 0) is 0 Å². The molecule has 0 spiro atoms. The predicted molar refractivity (Wildman–Crippen MR) is 43.4 cm³/mol. The Labute approximate surface area is 71.1 Å². The molecule has 0 amide bonds. The summed E-state index contributed by atoms with van der Waals surface area (Å²) in [5.41, 5.74) is 0. The van der Waals surface area contributed by atoms with Crippen molar-refractivity contribution >= 4 is 7.25 Å². The van der Waals surface area contributed by atoms with E-state index in [0.717, 1.165) is 4.48 Å². The van der Waals surface area contributed by atoms with Gasteiger partial charge in [-0.25, -0.2) is 0 Å². The second-order valence-corrected chi connectivity index (χ2v) is 3.06. The molecule has 0 heterocycles. The summed E-state index contributed by atoms with van der Waals surface area (Å²) < 4.78 is 40.1. The number of hydrogen-bond donors (Lipinski definition) is 0. The molecular weight excluding hydrogens is 173 g/mol. The van der Waals surface area contributed by atoms with Crippen molar-refractivity contribution in [3.63, 3.8) is 0 Å². The van der Waals surface area contributed by atoms with Crippen LogP contribution in [0.5, 0.6) is 0 Å². The molecular formula is C6H16BF4N. The lowest BCUT2D eigenvalue weighted by atomic mass is 10.3. The van der Waals surface area contributed by atoms with Crippen LogP contribution < -0.4 is 0 Å². The van der Waals surface area contributed by atoms with Gasteiger partial charge in [-0.3, -0.25) is 0 Å². The Hall–Kier alpha value is -0.255. The van der Waals surface area contributed by atoms with Gasteiger partial charge in [0, 0.05) is 0 Å². The Morgan fingerprint density at radius 1 is 0.917 bits per heavy atom. The highest BCUT2D eigenvalue weighted by atomic mass is 19.5. The maximum Gasteiger partial charge on any atom is 0.673 e. The van der Waals surface area contributed by atoms with Gasteiger partial charge in [0.25, 0.3) is 0 Å². The Morgan fingerprint density at radius 3 is 1.08 bits per heavy atom. The minimum atomic E-state index is -6.00. The van der Waals surface area contributed by atoms with Crippen LogP contribution in [0.15, 0.2) is 0 Å². The average molecular weight is 189 g/mol. The molecule has 0 rings (SSSR count). The zero-order chi connectivity index (χ0) is 10.4. The highest BCUT2D eigenvalue weighted by Crippen LogP contribution is 2.06. The van der Waals surface area contributed by atoms with E-state index in [0.29, 0.717) is 0 Å². The number of halogens is 4.